The number of carbonyl (C=O) groups is 2. The van der Waals surface area contributed by atoms with E-state index in [-0.39, 0.29) is 12.5 Å². The van der Waals surface area contributed by atoms with Crippen LogP contribution in [0.2, 0.25) is 0 Å². The monoisotopic (exact) mass is 325 g/mol. The highest BCUT2D eigenvalue weighted by molar-refractivity contribution is 5.92. The van der Waals surface area contributed by atoms with Crippen molar-refractivity contribution in [2.45, 2.75) is 26.2 Å². The summed E-state index contributed by atoms with van der Waals surface area (Å²) in [5.41, 5.74) is 2.68. The molecule has 0 atom stereocenters. The van der Waals surface area contributed by atoms with Crippen LogP contribution in [0.15, 0.2) is 54.6 Å². The fraction of sp³-hybridized carbons (Fsp3) is 0.300. The molecule has 24 heavy (non-hydrogen) atoms. The summed E-state index contributed by atoms with van der Waals surface area (Å²) in [6.07, 6.45) is 2.45. The first-order chi connectivity index (χ1) is 11.7. The van der Waals surface area contributed by atoms with Gasteiger partial charge >= 0.3 is 5.97 Å². The molecule has 0 bridgehead atoms. The lowest BCUT2D eigenvalue weighted by atomic mass is 10.00. The molecule has 0 saturated carbocycles. The molecule has 2 rings (SSSR count). The summed E-state index contributed by atoms with van der Waals surface area (Å²) >= 11 is 0. The van der Waals surface area contributed by atoms with Gasteiger partial charge in [-0.1, -0.05) is 55.5 Å². The maximum atomic E-state index is 12.3. The van der Waals surface area contributed by atoms with E-state index >= 15 is 0 Å². The Hall–Kier alpha value is -2.62. The SMILES string of the molecule is CCCNC(=O)COC(=O)c1ccccc1CCc1ccccc1. The number of hydrogen-bond donors (Lipinski definition) is 1. The second-order valence-corrected chi connectivity index (χ2v) is 5.57. The fourth-order valence-electron chi connectivity index (χ4n) is 2.39. The molecule has 126 valence electrons. The van der Waals surface area contributed by atoms with Gasteiger partial charge in [0.2, 0.25) is 0 Å². The number of rotatable bonds is 8. The summed E-state index contributed by atoms with van der Waals surface area (Å²) < 4.78 is 5.13. The van der Waals surface area contributed by atoms with E-state index in [4.69, 9.17) is 4.74 Å². The molecule has 0 aliphatic rings. The van der Waals surface area contributed by atoms with Crippen LogP contribution in [-0.2, 0) is 22.4 Å². The van der Waals surface area contributed by atoms with Crippen LogP contribution in [0.3, 0.4) is 0 Å². The van der Waals surface area contributed by atoms with Gasteiger partial charge in [-0.05, 0) is 36.5 Å². The molecule has 0 radical (unpaired) electrons. The topological polar surface area (TPSA) is 55.4 Å². The number of ether oxygens (including phenoxy) is 1. The molecule has 0 aromatic heterocycles. The van der Waals surface area contributed by atoms with E-state index in [1.54, 1.807) is 12.1 Å². The molecule has 1 N–H and O–H groups in total. The zero-order valence-corrected chi connectivity index (χ0v) is 14.0. The molecule has 0 unspecified atom stereocenters. The molecule has 0 aliphatic heterocycles. The van der Waals surface area contributed by atoms with Crippen molar-refractivity contribution in [3.05, 3.63) is 71.3 Å². The first kappa shape index (κ1) is 17.7. The van der Waals surface area contributed by atoms with Crippen LogP contribution in [0, 0.1) is 0 Å². The van der Waals surface area contributed by atoms with Crippen LogP contribution >= 0.6 is 0 Å². The average Bonchev–Trinajstić information content (AvgIpc) is 2.63. The van der Waals surface area contributed by atoms with Crippen LogP contribution in [0.25, 0.3) is 0 Å². The van der Waals surface area contributed by atoms with Gasteiger partial charge < -0.3 is 10.1 Å². The van der Waals surface area contributed by atoms with E-state index in [2.05, 4.69) is 17.4 Å². The lowest BCUT2D eigenvalue weighted by Crippen LogP contribution is -2.29. The molecule has 0 fully saturated rings. The molecule has 4 nitrogen and oxygen atoms in total. The Bertz CT molecular complexity index is 668. The van der Waals surface area contributed by atoms with Gasteiger partial charge in [0.05, 0.1) is 5.56 Å². The summed E-state index contributed by atoms with van der Waals surface area (Å²) in [5, 5.41) is 2.68. The first-order valence-corrected chi connectivity index (χ1v) is 8.26. The summed E-state index contributed by atoms with van der Waals surface area (Å²) in [4.78, 5) is 23.8. The molecule has 0 saturated heterocycles. The van der Waals surface area contributed by atoms with Crippen molar-refractivity contribution in [1.82, 2.24) is 5.32 Å². The van der Waals surface area contributed by atoms with Crippen molar-refractivity contribution >= 4 is 11.9 Å². The summed E-state index contributed by atoms with van der Waals surface area (Å²) in [7, 11) is 0. The minimum Gasteiger partial charge on any atom is -0.452 e. The van der Waals surface area contributed by atoms with Gasteiger partial charge in [0.15, 0.2) is 6.61 Å². The largest absolute Gasteiger partial charge is 0.452 e. The van der Waals surface area contributed by atoms with E-state index in [1.165, 1.54) is 5.56 Å². The quantitative estimate of drug-likeness (QED) is 0.759. The van der Waals surface area contributed by atoms with Crippen LogP contribution < -0.4 is 5.32 Å². The van der Waals surface area contributed by atoms with Gasteiger partial charge in [-0.25, -0.2) is 4.79 Å². The predicted molar refractivity (Wildman–Crippen MR) is 93.9 cm³/mol. The number of esters is 1. The van der Waals surface area contributed by atoms with Crippen molar-refractivity contribution in [2.75, 3.05) is 13.2 Å². The number of amides is 1. The minimum absolute atomic E-state index is 0.244. The third-order valence-electron chi connectivity index (χ3n) is 3.67. The van der Waals surface area contributed by atoms with E-state index in [9.17, 15) is 9.59 Å². The normalized spacial score (nSPS) is 10.2. The van der Waals surface area contributed by atoms with Gasteiger partial charge in [0.1, 0.15) is 0 Å². The number of carbonyl (C=O) groups excluding carboxylic acids is 2. The Labute approximate surface area is 142 Å². The number of benzene rings is 2. The molecule has 1 amide bonds. The minimum atomic E-state index is -0.453. The summed E-state index contributed by atoms with van der Waals surface area (Å²) in [6.45, 7) is 2.31. The number of nitrogens with one attached hydrogen (secondary N) is 1. The highest BCUT2D eigenvalue weighted by atomic mass is 16.5. The Morgan fingerprint density at radius 3 is 2.42 bits per heavy atom. The van der Waals surface area contributed by atoms with Gasteiger partial charge in [0.25, 0.3) is 5.91 Å². The molecule has 4 heteroatoms. The van der Waals surface area contributed by atoms with Gasteiger partial charge in [0, 0.05) is 6.54 Å². The Kier molecular flexibility index (Phi) is 7.02. The number of hydrogen-bond acceptors (Lipinski definition) is 3. The maximum absolute atomic E-state index is 12.3. The second-order valence-electron chi connectivity index (χ2n) is 5.57. The summed E-state index contributed by atoms with van der Waals surface area (Å²) in [5.74, 6) is -0.725. The van der Waals surface area contributed by atoms with E-state index in [0.29, 0.717) is 12.1 Å². The lowest BCUT2D eigenvalue weighted by Gasteiger charge is -2.10. The van der Waals surface area contributed by atoms with Crippen molar-refractivity contribution in [1.29, 1.82) is 0 Å². The average molecular weight is 325 g/mol. The Morgan fingerprint density at radius 1 is 0.958 bits per heavy atom. The number of aryl methyl sites for hydroxylation is 2. The Balaban J connectivity index is 1.94. The molecule has 0 heterocycles. The third-order valence-corrected chi connectivity index (χ3v) is 3.67. The second kappa shape index (κ2) is 9.50. The van der Waals surface area contributed by atoms with Crippen LogP contribution in [-0.4, -0.2) is 25.0 Å². The smallest absolute Gasteiger partial charge is 0.338 e. The Morgan fingerprint density at radius 2 is 1.67 bits per heavy atom. The molecule has 2 aromatic carbocycles. The van der Waals surface area contributed by atoms with Crippen molar-refractivity contribution in [2.24, 2.45) is 0 Å². The standard InChI is InChI=1S/C20H23NO3/c1-2-14-21-19(22)15-24-20(23)18-11-7-6-10-17(18)13-12-16-8-4-3-5-9-16/h3-11H,2,12-15H2,1H3,(H,21,22). The van der Waals surface area contributed by atoms with Gasteiger partial charge in [-0.3, -0.25) is 4.79 Å². The maximum Gasteiger partial charge on any atom is 0.338 e. The third kappa shape index (κ3) is 5.54. The first-order valence-electron chi connectivity index (χ1n) is 8.26. The molecule has 2 aromatic rings. The predicted octanol–water partition coefficient (Wildman–Crippen LogP) is 3.15. The van der Waals surface area contributed by atoms with E-state index in [1.807, 2.05) is 37.3 Å². The zero-order chi connectivity index (χ0) is 17.2. The highest BCUT2D eigenvalue weighted by Crippen LogP contribution is 2.14. The molecular formula is C20H23NO3. The highest BCUT2D eigenvalue weighted by Gasteiger charge is 2.14. The van der Waals surface area contributed by atoms with E-state index in [0.717, 1.165) is 24.8 Å². The van der Waals surface area contributed by atoms with Crippen LogP contribution in [0.1, 0.15) is 34.8 Å². The van der Waals surface area contributed by atoms with Crippen molar-refractivity contribution < 1.29 is 14.3 Å². The van der Waals surface area contributed by atoms with Crippen molar-refractivity contribution in [3.63, 3.8) is 0 Å². The fourth-order valence-corrected chi connectivity index (χ4v) is 2.39. The molecule has 0 aliphatic carbocycles. The van der Waals surface area contributed by atoms with Crippen molar-refractivity contribution in [3.8, 4) is 0 Å². The lowest BCUT2D eigenvalue weighted by molar-refractivity contribution is -0.124. The molecule has 0 spiro atoms. The summed E-state index contributed by atoms with van der Waals surface area (Å²) in [6, 6.07) is 17.5. The van der Waals surface area contributed by atoms with Crippen LogP contribution in [0.5, 0.6) is 0 Å². The zero-order valence-electron chi connectivity index (χ0n) is 14.0. The molecular weight excluding hydrogens is 302 g/mol. The van der Waals surface area contributed by atoms with Gasteiger partial charge in [-0.15, -0.1) is 0 Å². The van der Waals surface area contributed by atoms with Crippen LogP contribution in [0.4, 0.5) is 0 Å². The van der Waals surface area contributed by atoms with Gasteiger partial charge in [-0.2, -0.15) is 0 Å². The van der Waals surface area contributed by atoms with E-state index < -0.39 is 5.97 Å².